The van der Waals surface area contributed by atoms with Crippen LogP contribution < -0.4 is 5.32 Å². The molecule has 0 radical (unpaired) electrons. The summed E-state index contributed by atoms with van der Waals surface area (Å²) in [5, 5.41) is 57.3. The van der Waals surface area contributed by atoms with Gasteiger partial charge in [0.05, 0.1) is 25.4 Å². The number of rotatable bonds is 61. The maximum Gasteiger partial charge on any atom is 0.306 e. The highest BCUT2D eigenvalue weighted by atomic mass is 16.7. The van der Waals surface area contributed by atoms with Crippen LogP contribution in [0.1, 0.15) is 316 Å². The van der Waals surface area contributed by atoms with Gasteiger partial charge in [0.1, 0.15) is 24.4 Å². The second-order valence-corrected chi connectivity index (χ2v) is 24.6. The van der Waals surface area contributed by atoms with Crippen LogP contribution in [0.15, 0.2) is 85.1 Å². The molecule has 0 aromatic heterocycles. The highest BCUT2D eigenvalue weighted by molar-refractivity contribution is 5.80. The first-order chi connectivity index (χ1) is 42.2. The van der Waals surface area contributed by atoms with Crippen LogP contribution in [-0.2, 0) is 23.8 Å². The average molecular weight is 1210 g/mol. The van der Waals surface area contributed by atoms with Gasteiger partial charge in [-0.05, 0) is 77.0 Å². The maximum atomic E-state index is 13.5. The average Bonchev–Trinajstić information content (AvgIpc) is 3.39. The van der Waals surface area contributed by atoms with Crippen molar-refractivity contribution in [3.63, 3.8) is 0 Å². The number of carbonyl (C=O) groups is 2. The van der Waals surface area contributed by atoms with Crippen LogP contribution in [0.2, 0.25) is 0 Å². The van der Waals surface area contributed by atoms with Crippen LogP contribution in [0.25, 0.3) is 0 Å². The lowest BCUT2D eigenvalue weighted by Crippen LogP contribution is -2.61. The molecule has 86 heavy (non-hydrogen) atoms. The van der Waals surface area contributed by atoms with Gasteiger partial charge in [0, 0.05) is 6.42 Å². The van der Waals surface area contributed by atoms with Gasteiger partial charge >= 0.3 is 5.97 Å². The number of esters is 1. The highest BCUT2D eigenvalue weighted by Gasteiger charge is 2.47. The molecule has 0 spiro atoms. The third-order valence-electron chi connectivity index (χ3n) is 16.6. The summed E-state index contributed by atoms with van der Waals surface area (Å²) in [6.45, 7) is 5.70. The molecule has 498 valence electrons. The van der Waals surface area contributed by atoms with Crippen molar-refractivity contribution in [2.75, 3.05) is 13.2 Å². The normalized spacial score (nSPS) is 18.8. The van der Waals surface area contributed by atoms with Crippen LogP contribution >= 0.6 is 0 Å². The van der Waals surface area contributed by atoms with E-state index in [1.165, 1.54) is 154 Å². The summed E-state index contributed by atoms with van der Waals surface area (Å²) in [6, 6.07) is -1.03. The van der Waals surface area contributed by atoms with Crippen molar-refractivity contribution in [1.29, 1.82) is 0 Å². The van der Waals surface area contributed by atoms with Gasteiger partial charge in [-0.15, -0.1) is 0 Å². The standard InChI is InChI=1S/C75H133NO10/c1-4-7-10-13-16-19-22-25-27-29-31-33-34-35-36-37-39-41-43-45-48-51-54-57-60-63-70(80)86-73-72(82)71(81)69(64-77)85-75(73)84-65-66(67(78)61-58-55-52-49-46-24-21-18-15-12-9-6-3)76-74(83)68(79)62-59-56-53-50-47-44-42-40-38-32-30-28-26-23-20-17-14-11-8-5-2/h7,10,16,19,25,27,31,33,35-36,39,41,58,61,66-69,71-73,75,77-79,81-82H,4-6,8-9,11-15,17-18,20-24,26,28-30,32,34,37-38,40,42-57,59-60,62-65H2,1-3H3,(H,76,83)/b10-7-,19-16-,27-25-,33-31-,36-35-,41-39-,61-58+. The number of hydrogen-bond acceptors (Lipinski definition) is 10. The van der Waals surface area contributed by atoms with Gasteiger partial charge in [0.25, 0.3) is 0 Å². The Morgan fingerprint density at radius 2 is 0.837 bits per heavy atom. The molecular weight excluding hydrogens is 1070 g/mol. The van der Waals surface area contributed by atoms with Gasteiger partial charge in [0.15, 0.2) is 12.4 Å². The van der Waals surface area contributed by atoms with E-state index in [4.69, 9.17) is 14.2 Å². The molecule has 0 saturated carbocycles. The topological polar surface area (TPSA) is 175 Å². The van der Waals surface area contributed by atoms with E-state index in [0.717, 1.165) is 116 Å². The number of allylic oxidation sites excluding steroid dienone is 13. The third-order valence-corrected chi connectivity index (χ3v) is 16.6. The number of hydrogen-bond donors (Lipinski definition) is 6. The van der Waals surface area contributed by atoms with E-state index >= 15 is 0 Å². The first kappa shape index (κ1) is 80.9. The van der Waals surface area contributed by atoms with Crippen LogP contribution in [0, 0.1) is 0 Å². The Labute approximate surface area is 527 Å². The van der Waals surface area contributed by atoms with Crippen LogP contribution in [0.3, 0.4) is 0 Å². The van der Waals surface area contributed by atoms with E-state index in [0.29, 0.717) is 19.3 Å². The number of ether oxygens (including phenoxy) is 3. The minimum Gasteiger partial charge on any atom is -0.454 e. The molecule has 1 saturated heterocycles. The van der Waals surface area contributed by atoms with Crippen molar-refractivity contribution >= 4 is 11.9 Å². The molecule has 1 fully saturated rings. The van der Waals surface area contributed by atoms with Crippen LogP contribution in [0.4, 0.5) is 0 Å². The molecule has 1 aliphatic heterocycles. The van der Waals surface area contributed by atoms with Crippen molar-refractivity contribution in [2.45, 2.75) is 365 Å². The molecule has 11 heteroatoms. The van der Waals surface area contributed by atoms with E-state index in [-0.39, 0.29) is 13.0 Å². The zero-order chi connectivity index (χ0) is 62.4. The summed E-state index contributed by atoms with van der Waals surface area (Å²) in [5.74, 6) is -1.20. The molecule has 6 N–H and O–H groups in total. The fourth-order valence-electron chi connectivity index (χ4n) is 11.0. The monoisotopic (exact) mass is 1210 g/mol. The molecule has 0 bridgehead atoms. The Bertz CT molecular complexity index is 1720. The Hall–Kier alpha value is -3.16. The number of aliphatic hydroxyl groups excluding tert-OH is 5. The number of amides is 1. The largest absolute Gasteiger partial charge is 0.454 e. The van der Waals surface area contributed by atoms with Crippen molar-refractivity contribution in [1.82, 2.24) is 5.32 Å². The van der Waals surface area contributed by atoms with Gasteiger partial charge < -0.3 is 45.1 Å². The fourth-order valence-corrected chi connectivity index (χ4v) is 11.0. The van der Waals surface area contributed by atoms with E-state index in [1.54, 1.807) is 6.08 Å². The molecule has 0 aromatic carbocycles. The zero-order valence-corrected chi connectivity index (χ0v) is 55.4. The molecule has 1 rings (SSSR count). The van der Waals surface area contributed by atoms with E-state index in [2.05, 4.69) is 99.0 Å². The number of unbranched alkanes of at least 4 members (excludes halogenated alkanes) is 35. The third kappa shape index (κ3) is 48.7. The molecule has 1 amide bonds. The lowest BCUT2D eigenvalue weighted by Gasteiger charge is -2.41. The molecule has 8 atom stereocenters. The first-order valence-corrected chi connectivity index (χ1v) is 35.9. The zero-order valence-electron chi connectivity index (χ0n) is 55.4. The van der Waals surface area contributed by atoms with Gasteiger partial charge in [0.2, 0.25) is 5.91 Å². The lowest BCUT2D eigenvalue weighted by molar-refractivity contribution is -0.305. The fraction of sp³-hybridized carbons (Fsp3) is 0.787. The van der Waals surface area contributed by atoms with Crippen molar-refractivity contribution in [2.24, 2.45) is 0 Å². The van der Waals surface area contributed by atoms with Crippen molar-refractivity contribution in [3.8, 4) is 0 Å². The Kier molecular flexibility index (Phi) is 58.3. The van der Waals surface area contributed by atoms with Crippen molar-refractivity contribution in [3.05, 3.63) is 85.1 Å². The lowest BCUT2D eigenvalue weighted by atomic mass is 9.99. The minimum absolute atomic E-state index is 0.104. The Balaban J connectivity index is 2.58. The summed E-state index contributed by atoms with van der Waals surface area (Å²) >= 11 is 0. The van der Waals surface area contributed by atoms with Gasteiger partial charge in [-0.3, -0.25) is 9.59 Å². The number of nitrogens with one attached hydrogen (secondary N) is 1. The quantitative estimate of drug-likeness (QED) is 0.0195. The van der Waals surface area contributed by atoms with Crippen LogP contribution in [-0.4, -0.2) is 99.6 Å². The molecular formula is C75H133NO10. The number of carbonyl (C=O) groups excluding carboxylic acids is 2. The van der Waals surface area contributed by atoms with Crippen LogP contribution in [0.5, 0.6) is 0 Å². The van der Waals surface area contributed by atoms with Gasteiger partial charge in [-0.25, -0.2) is 0 Å². The highest BCUT2D eigenvalue weighted by Crippen LogP contribution is 2.26. The molecule has 0 aliphatic carbocycles. The second-order valence-electron chi connectivity index (χ2n) is 24.6. The predicted molar refractivity (Wildman–Crippen MR) is 361 cm³/mol. The smallest absolute Gasteiger partial charge is 0.306 e. The molecule has 0 aromatic rings. The molecule has 11 nitrogen and oxygen atoms in total. The first-order valence-electron chi connectivity index (χ1n) is 35.9. The summed E-state index contributed by atoms with van der Waals surface area (Å²) in [7, 11) is 0. The Morgan fingerprint density at radius 1 is 0.465 bits per heavy atom. The minimum atomic E-state index is -1.62. The van der Waals surface area contributed by atoms with Crippen molar-refractivity contribution < 1.29 is 49.3 Å². The number of aliphatic hydroxyl groups is 5. The molecule has 8 unspecified atom stereocenters. The SMILES string of the molecule is CC/C=C\C/C=C\C/C=C\C/C=C\C/C=C\C/C=C\CCCCCCCCC(=O)OC1C(OCC(NC(=O)C(O)CCCCCCCCCCCCCCCCCCCCCC)C(O)/C=C/CCCCCCCCCCCC)OC(CO)C(O)C1O. The van der Waals surface area contributed by atoms with E-state index in [1.807, 2.05) is 6.08 Å². The summed E-state index contributed by atoms with van der Waals surface area (Å²) in [5.41, 5.74) is 0. The van der Waals surface area contributed by atoms with E-state index in [9.17, 15) is 35.1 Å². The summed E-state index contributed by atoms with van der Waals surface area (Å²) in [6.07, 6.45) is 71.9. The van der Waals surface area contributed by atoms with Gasteiger partial charge in [-0.1, -0.05) is 318 Å². The summed E-state index contributed by atoms with van der Waals surface area (Å²) in [4.78, 5) is 26.7. The second kappa shape index (κ2) is 62.1. The van der Waals surface area contributed by atoms with Gasteiger partial charge in [-0.2, -0.15) is 0 Å². The maximum absolute atomic E-state index is 13.5. The van der Waals surface area contributed by atoms with E-state index < -0.39 is 67.4 Å². The summed E-state index contributed by atoms with van der Waals surface area (Å²) < 4.78 is 17.7. The molecule has 1 heterocycles. The molecule has 1 aliphatic rings. The Morgan fingerprint density at radius 3 is 1.26 bits per heavy atom. The predicted octanol–water partition coefficient (Wildman–Crippen LogP) is 18.5.